The number of hydrogen-bond acceptors (Lipinski definition) is 6. The molecule has 2 N–H and O–H groups in total. The molecule has 0 saturated heterocycles. The van der Waals surface area contributed by atoms with Crippen molar-refractivity contribution in [2.45, 2.75) is 4.90 Å². The highest BCUT2D eigenvalue weighted by molar-refractivity contribution is 7.89. The van der Waals surface area contributed by atoms with Gasteiger partial charge in [0.05, 0.1) is 37.6 Å². The number of aliphatic imine (C=N–C) groups is 1. The Balaban J connectivity index is 1.75. The number of ether oxygens (including phenoxy) is 3. The van der Waals surface area contributed by atoms with Crippen LogP contribution in [0.2, 0.25) is 0 Å². The largest absolute Gasteiger partial charge is 0.493 e. The summed E-state index contributed by atoms with van der Waals surface area (Å²) in [6.45, 7) is 0. The molecule has 0 spiro atoms. The average molecular weight is 529 g/mol. The maximum atomic E-state index is 11.6. The van der Waals surface area contributed by atoms with Crippen LogP contribution in [0.1, 0.15) is 11.1 Å². The van der Waals surface area contributed by atoms with E-state index in [4.69, 9.17) is 24.3 Å². The van der Waals surface area contributed by atoms with E-state index in [1.54, 1.807) is 33.5 Å². The van der Waals surface area contributed by atoms with Crippen molar-refractivity contribution < 1.29 is 22.6 Å². The van der Waals surface area contributed by atoms with Crippen LogP contribution in [0.5, 0.6) is 17.2 Å². The summed E-state index contributed by atoms with van der Waals surface area (Å²) in [6, 6.07) is 28.0. The summed E-state index contributed by atoms with van der Waals surface area (Å²) >= 11 is 0. The third kappa shape index (κ3) is 6.29. The molecule has 38 heavy (non-hydrogen) atoms. The van der Waals surface area contributed by atoms with Gasteiger partial charge >= 0.3 is 0 Å². The quantitative estimate of drug-likeness (QED) is 0.274. The standard InChI is InChI=1S/C30H28N2O5S/c1-35-28-19-21(20-29(36-2)30(28)37-3)9-18-27(32-25-14-16-26(17-15-25)38(31,33)34)24-12-10-23(11-13-24)22-7-5-4-6-8-22/h4-20H,1-3H3,(H2,31,33,34)/b18-9+,32-27?. The highest BCUT2D eigenvalue weighted by atomic mass is 32.2. The Morgan fingerprint density at radius 2 is 1.34 bits per heavy atom. The van der Waals surface area contributed by atoms with E-state index in [1.807, 2.05) is 66.7 Å². The van der Waals surface area contributed by atoms with E-state index in [0.29, 0.717) is 28.6 Å². The molecule has 4 aromatic rings. The molecule has 8 heteroatoms. The summed E-state index contributed by atoms with van der Waals surface area (Å²) in [6.07, 6.45) is 3.78. The van der Waals surface area contributed by atoms with Gasteiger partial charge < -0.3 is 14.2 Å². The summed E-state index contributed by atoms with van der Waals surface area (Å²) < 4.78 is 39.7. The Kier molecular flexibility index (Phi) is 8.25. The van der Waals surface area contributed by atoms with Gasteiger partial charge in [-0.25, -0.2) is 18.5 Å². The molecule has 0 saturated carbocycles. The monoisotopic (exact) mass is 528 g/mol. The van der Waals surface area contributed by atoms with Crippen LogP contribution in [0.4, 0.5) is 5.69 Å². The predicted octanol–water partition coefficient (Wildman–Crippen LogP) is 5.86. The smallest absolute Gasteiger partial charge is 0.238 e. The molecule has 0 bridgehead atoms. The number of hydrogen-bond donors (Lipinski definition) is 1. The maximum Gasteiger partial charge on any atom is 0.238 e. The number of nitrogens with two attached hydrogens (primary N) is 1. The summed E-state index contributed by atoms with van der Waals surface area (Å²) in [5, 5.41) is 5.24. The zero-order chi connectivity index (χ0) is 27.1. The van der Waals surface area contributed by atoms with E-state index in [1.165, 1.54) is 12.1 Å². The van der Waals surface area contributed by atoms with Crippen molar-refractivity contribution in [1.82, 2.24) is 0 Å². The average Bonchev–Trinajstić information content (AvgIpc) is 2.95. The minimum absolute atomic E-state index is 0.0261. The van der Waals surface area contributed by atoms with Crippen LogP contribution in [0.25, 0.3) is 17.2 Å². The van der Waals surface area contributed by atoms with Crippen molar-refractivity contribution in [1.29, 1.82) is 0 Å². The first-order valence-electron chi connectivity index (χ1n) is 11.7. The lowest BCUT2D eigenvalue weighted by Gasteiger charge is -2.13. The van der Waals surface area contributed by atoms with Crippen LogP contribution < -0.4 is 19.3 Å². The number of methoxy groups -OCH3 is 3. The van der Waals surface area contributed by atoms with Crippen molar-refractivity contribution in [3.8, 4) is 28.4 Å². The topological polar surface area (TPSA) is 100 Å². The highest BCUT2D eigenvalue weighted by Crippen LogP contribution is 2.38. The number of benzene rings is 4. The molecule has 0 atom stereocenters. The van der Waals surface area contributed by atoms with E-state index in [0.717, 1.165) is 22.3 Å². The van der Waals surface area contributed by atoms with Crippen LogP contribution in [-0.2, 0) is 10.0 Å². The van der Waals surface area contributed by atoms with Gasteiger partial charge in [-0.3, -0.25) is 0 Å². The summed E-state index contributed by atoms with van der Waals surface area (Å²) in [5.41, 5.74) is 5.14. The Bertz CT molecular complexity index is 1540. The number of rotatable bonds is 9. The highest BCUT2D eigenvalue weighted by Gasteiger charge is 2.13. The number of allylic oxidation sites excluding steroid dienone is 1. The zero-order valence-corrected chi connectivity index (χ0v) is 22.1. The van der Waals surface area contributed by atoms with Crippen molar-refractivity contribution in [3.63, 3.8) is 0 Å². The summed E-state index contributed by atoms with van der Waals surface area (Å²) in [7, 11) is 0.897. The number of nitrogens with zero attached hydrogens (tertiary/aromatic N) is 1. The van der Waals surface area contributed by atoms with Crippen LogP contribution in [0, 0.1) is 0 Å². The molecular weight excluding hydrogens is 500 g/mol. The second kappa shape index (κ2) is 11.8. The SMILES string of the molecule is COc1cc(/C=C/C(=Nc2ccc(S(N)(=O)=O)cc2)c2ccc(-c3ccccc3)cc2)cc(OC)c1OC. The molecule has 194 valence electrons. The van der Waals surface area contributed by atoms with E-state index >= 15 is 0 Å². The lowest BCUT2D eigenvalue weighted by molar-refractivity contribution is 0.324. The molecule has 0 fully saturated rings. The van der Waals surface area contributed by atoms with Gasteiger partial charge in [0.2, 0.25) is 15.8 Å². The Morgan fingerprint density at radius 1 is 0.763 bits per heavy atom. The Morgan fingerprint density at radius 3 is 1.87 bits per heavy atom. The minimum Gasteiger partial charge on any atom is -0.493 e. The summed E-state index contributed by atoms with van der Waals surface area (Å²) in [5.74, 6) is 1.58. The van der Waals surface area contributed by atoms with Gasteiger partial charge in [0.25, 0.3) is 0 Å². The van der Waals surface area contributed by atoms with Gasteiger partial charge in [0.1, 0.15) is 0 Å². The molecule has 0 aliphatic rings. The first kappa shape index (κ1) is 26.7. The molecule has 0 aromatic heterocycles. The van der Waals surface area contributed by atoms with Gasteiger partial charge in [0, 0.05) is 5.56 Å². The Hall–Kier alpha value is -4.40. The lowest BCUT2D eigenvalue weighted by atomic mass is 10.0. The maximum absolute atomic E-state index is 11.6. The van der Waals surface area contributed by atoms with Gasteiger partial charge in [-0.1, -0.05) is 60.7 Å². The third-order valence-electron chi connectivity index (χ3n) is 5.82. The lowest BCUT2D eigenvalue weighted by Crippen LogP contribution is -2.11. The van der Waals surface area contributed by atoms with Gasteiger partial charge in [-0.2, -0.15) is 0 Å². The molecule has 0 radical (unpaired) electrons. The van der Waals surface area contributed by atoms with Crippen molar-refractivity contribution in [2.24, 2.45) is 10.1 Å². The molecule has 0 unspecified atom stereocenters. The van der Waals surface area contributed by atoms with E-state index in [-0.39, 0.29) is 4.90 Å². The van der Waals surface area contributed by atoms with Crippen molar-refractivity contribution in [3.05, 3.63) is 108 Å². The predicted molar refractivity (Wildman–Crippen MR) is 151 cm³/mol. The van der Waals surface area contributed by atoms with Gasteiger partial charge in [0.15, 0.2) is 11.5 Å². The molecule has 4 aromatic carbocycles. The molecule has 0 aliphatic carbocycles. The van der Waals surface area contributed by atoms with Crippen molar-refractivity contribution in [2.75, 3.05) is 21.3 Å². The third-order valence-corrected chi connectivity index (χ3v) is 6.75. The van der Waals surface area contributed by atoms with E-state index < -0.39 is 10.0 Å². The van der Waals surface area contributed by atoms with Crippen LogP contribution in [-0.4, -0.2) is 35.5 Å². The number of primary sulfonamides is 1. The molecule has 0 aliphatic heterocycles. The Labute approximate surface area is 222 Å². The molecule has 0 amide bonds. The zero-order valence-electron chi connectivity index (χ0n) is 21.3. The molecular formula is C30H28N2O5S. The van der Waals surface area contributed by atoms with Gasteiger partial charge in [-0.15, -0.1) is 0 Å². The fourth-order valence-corrected chi connectivity index (χ4v) is 4.40. The summed E-state index contributed by atoms with van der Waals surface area (Å²) in [4.78, 5) is 4.82. The fraction of sp³-hybridized carbons (Fsp3) is 0.100. The minimum atomic E-state index is -3.79. The fourth-order valence-electron chi connectivity index (χ4n) is 3.88. The second-order valence-electron chi connectivity index (χ2n) is 8.27. The van der Waals surface area contributed by atoms with Crippen LogP contribution in [0.15, 0.2) is 107 Å². The first-order chi connectivity index (χ1) is 18.3. The van der Waals surface area contributed by atoms with Crippen molar-refractivity contribution >= 4 is 27.5 Å². The van der Waals surface area contributed by atoms with E-state index in [2.05, 4.69) is 12.1 Å². The second-order valence-corrected chi connectivity index (χ2v) is 9.83. The van der Waals surface area contributed by atoms with Gasteiger partial charge in [-0.05, 0) is 59.2 Å². The first-order valence-corrected chi connectivity index (χ1v) is 13.2. The molecule has 4 rings (SSSR count). The number of sulfonamides is 1. The molecule has 0 heterocycles. The molecule has 7 nitrogen and oxygen atoms in total. The van der Waals surface area contributed by atoms with E-state index in [9.17, 15) is 8.42 Å². The normalized spacial score (nSPS) is 11.9. The van der Waals surface area contributed by atoms with Crippen LogP contribution >= 0.6 is 0 Å². The van der Waals surface area contributed by atoms with Crippen LogP contribution in [0.3, 0.4) is 0 Å².